The Balaban J connectivity index is 2.63. The molecule has 2 aromatic rings. The first-order valence-electron chi connectivity index (χ1n) is 4.86. The molecule has 0 fully saturated rings. The molecule has 3 heteroatoms. The number of hydrogen-bond acceptors (Lipinski definition) is 3. The van der Waals surface area contributed by atoms with E-state index >= 15 is 0 Å². The van der Waals surface area contributed by atoms with Crippen molar-refractivity contribution in [3.63, 3.8) is 0 Å². The van der Waals surface area contributed by atoms with Gasteiger partial charge in [0.1, 0.15) is 0 Å². The summed E-state index contributed by atoms with van der Waals surface area (Å²) in [7, 11) is 0. The van der Waals surface area contributed by atoms with Crippen LogP contribution in [0.5, 0.6) is 5.75 Å². The Kier molecular flexibility index (Phi) is 2.46. The minimum atomic E-state index is -0.359. The minimum Gasteiger partial charge on any atom is -0.487 e. The highest BCUT2D eigenvalue weighted by atomic mass is 16.5. The van der Waals surface area contributed by atoms with Gasteiger partial charge in [0.05, 0.1) is 6.10 Å². The topological polar surface area (TPSA) is 39.4 Å². The molecule has 0 aliphatic carbocycles. The third-order valence-corrected chi connectivity index (χ3v) is 1.97. The van der Waals surface area contributed by atoms with Crippen molar-refractivity contribution in [2.45, 2.75) is 20.0 Å². The molecule has 0 unspecified atom stereocenters. The Morgan fingerprint density at radius 2 is 2.00 bits per heavy atom. The van der Waals surface area contributed by atoms with Gasteiger partial charge in [-0.25, -0.2) is 4.79 Å². The van der Waals surface area contributed by atoms with Crippen LogP contribution in [0.15, 0.2) is 39.5 Å². The number of para-hydroxylation sites is 1. The first-order chi connectivity index (χ1) is 7.16. The van der Waals surface area contributed by atoms with Gasteiger partial charge in [-0.05, 0) is 26.0 Å². The molecular formula is C12H12O3. The first kappa shape index (κ1) is 9.77. The quantitative estimate of drug-likeness (QED) is 0.706. The standard InChI is InChI=1S/C12H12O3/c1-8(2)14-10-5-3-4-9-6-7-11(13)15-12(9)10/h3-8H,1-2H3. The van der Waals surface area contributed by atoms with Crippen LogP contribution in [-0.4, -0.2) is 6.10 Å². The number of rotatable bonds is 2. The summed E-state index contributed by atoms with van der Waals surface area (Å²) in [6.07, 6.45) is 0.0566. The second-order valence-corrected chi connectivity index (χ2v) is 3.60. The molecule has 15 heavy (non-hydrogen) atoms. The summed E-state index contributed by atoms with van der Waals surface area (Å²) >= 11 is 0. The molecule has 0 atom stereocenters. The van der Waals surface area contributed by atoms with Gasteiger partial charge in [0.2, 0.25) is 0 Å². The summed E-state index contributed by atoms with van der Waals surface area (Å²) in [6, 6.07) is 8.69. The van der Waals surface area contributed by atoms with Crippen molar-refractivity contribution >= 4 is 11.0 Å². The van der Waals surface area contributed by atoms with E-state index in [9.17, 15) is 4.79 Å². The molecule has 78 valence electrons. The highest BCUT2D eigenvalue weighted by molar-refractivity contribution is 5.82. The second kappa shape index (κ2) is 3.77. The van der Waals surface area contributed by atoms with Gasteiger partial charge in [0.25, 0.3) is 0 Å². The molecule has 0 aliphatic heterocycles. The van der Waals surface area contributed by atoms with Gasteiger partial charge in [0, 0.05) is 11.5 Å². The van der Waals surface area contributed by atoms with Crippen LogP contribution in [0.1, 0.15) is 13.8 Å². The lowest BCUT2D eigenvalue weighted by Gasteiger charge is -2.10. The van der Waals surface area contributed by atoms with E-state index in [1.54, 1.807) is 12.1 Å². The highest BCUT2D eigenvalue weighted by Gasteiger charge is 2.06. The number of benzene rings is 1. The third kappa shape index (κ3) is 2.01. The maximum atomic E-state index is 11.1. The zero-order valence-electron chi connectivity index (χ0n) is 8.69. The van der Waals surface area contributed by atoms with E-state index in [1.165, 1.54) is 6.07 Å². The lowest BCUT2D eigenvalue weighted by Crippen LogP contribution is -2.06. The summed E-state index contributed by atoms with van der Waals surface area (Å²) in [6.45, 7) is 3.86. The van der Waals surface area contributed by atoms with Crippen molar-refractivity contribution in [3.05, 3.63) is 40.8 Å². The molecule has 0 saturated heterocycles. The predicted molar refractivity (Wildman–Crippen MR) is 58.2 cm³/mol. The molecule has 3 nitrogen and oxygen atoms in total. The first-order valence-corrected chi connectivity index (χ1v) is 4.86. The monoisotopic (exact) mass is 204 g/mol. The van der Waals surface area contributed by atoms with E-state index < -0.39 is 0 Å². The summed E-state index contributed by atoms with van der Waals surface area (Å²) < 4.78 is 10.7. The Morgan fingerprint density at radius 3 is 2.73 bits per heavy atom. The predicted octanol–water partition coefficient (Wildman–Crippen LogP) is 2.58. The highest BCUT2D eigenvalue weighted by Crippen LogP contribution is 2.24. The molecule has 0 aliphatic rings. The Labute approximate surface area is 87.3 Å². The molecule has 2 rings (SSSR count). The molecule has 1 heterocycles. The van der Waals surface area contributed by atoms with Crippen LogP contribution in [0.25, 0.3) is 11.0 Å². The fraction of sp³-hybridized carbons (Fsp3) is 0.250. The normalized spacial score (nSPS) is 10.9. The van der Waals surface area contributed by atoms with Gasteiger partial charge in [-0.2, -0.15) is 0 Å². The molecule has 0 amide bonds. The van der Waals surface area contributed by atoms with Crippen molar-refractivity contribution in [1.29, 1.82) is 0 Å². The largest absolute Gasteiger partial charge is 0.487 e. The van der Waals surface area contributed by atoms with Crippen LogP contribution in [0, 0.1) is 0 Å². The van der Waals surface area contributed by atoms with Gasteiger partial charge in [-0.15, -0.1) is 0 Å². The minimum absolute atomic E-state index is 0.0566. The molecule has 1 aromatic carbocycles. The maximum absolute atomic E-state index is 11.1. The van der Waals surface area contributed by atoms with E-state index in [-0.39, 0.29) is 11.7 Å². The number of hydrogen-bond donors (Lipinski definition) is 0. The van der Waals surface area contributed by atoms with Gasteiger partial charge in [0.15, 0.2) is 11.3 Å². The van der Waals surface area contributed by atoms with Gasteiger partial charge in [-0.1, -0.05) is 12.1 Å². The molecule has 0 spiro atoms. The molecule has 0 saturated carbocycles. The average molecular weight is 204 g/mol. The van der Waals surface area contributed by atoms with Crippen molar-refractivity contribution < 1.29 is 9.15 Å². The van der Waals surface area contributed by atoms with Crippen LogP contribution in [0.2, 0.25) is 0 Å². The fourth-order valence-corrected chi connectivity index (χ4v) is 1.41. The average Bonchev–Trinajstić information content (AvgIpc) is 2.18. The Hall–Kier alpha value is -1.77. The van der Waals surface area contributed by atoms with Crippen LogP contribution < -0.4 is 10.4 Å². The van der Waals surface area contributed by atoms with Crippen molar-refractivity contribution in [3.8, 4) is 5.75 Å². The summed E-state index contributed by atoms with van der Waals surface area (Å²) in [5.74, 6) is 0.611. The third-order valence-electron chi connectivity index (χ3n) is 1.97. The van der Waals surface area contributed by atoms with E-state index in [0.717, 1.165) is 5.39 Å². The van der Waals surface area contributed by atoms with Crippen LogP contribution in [0.4, 0.5) is 0 Å². The lowest BCUT2D eigenvalue weighted by atomic mass is 10.2. The molecular weight excluding hydrogens is 192 g/mol. The van der Waals surface area contributed by atoms with E-state index in [4.69, 9.17) is 9.15 Å². The lowest BCUT2D eigenvalue weighted by molar-refractivity contribution is 0.241. The zero-order valence-corrected chi connectivity index (χ0v) is 8.69. The fourth-order valence-electron chi connectivity index (χ4n) is 1.41. The van der Waals surface area contributed by atoms with Gasteiger partial charge >= 0.3 is 5.63 Å². The summed E-state index contributed by atoms with van der Waals surface area (Å²) in [5, 5.41) is 0.868. The maximum Gasteiger partial charge on any atom is 0.336 e. The molecule has 0 bridgehead atoms. The van der Waals surface area contributed by atoms with E-state index in [0.29, 0.717) is 11.3 Å². The van der Waals surface area contributed by atoms with Gasteiger partial charge in [-0.3, -0.25) is 0 Å². The number of ether oxygens (including phenoxy) is 1. The van der Waals surface area contributed by atoms with Crippen molar-refractivity contribution in [1.82, 2.24) is 0 Å². The summed E-state index contributed by atoms with van der Waals surface area (Å²) in [5.41, 5.74) is 0.154. The Bertz CT molecular complexity index is 526. The molecule has 1 aromatic heterocycles. The number of fused-ring (bicyclic) bond motifs is 1. The Morgan fingerprint density at radius 1 is 1.20 bits per heavy atom. The van der Waals surface area contributed by atoms with Crippen LogP contribution in [0.3, 0.4) is 0 Å². The van der Waals surface area contributed by atoms with Crippen molar-refractivity contribution in [2.75, 3.05) is 0 Å². The SMILES string of the molecule is CC(C)Oc1cccc2ccc(=O)oc12. The summed E-state index contributed by atoms with van der Waals surface area (Å²) in [4.78, 5) is 11.1. The van der Waals surface area contributed by atoms with Crippen molar-refractivity contribution in [2.24, 2.45) is 0 Å². The smallest absolute Gasteiger partial charge is 0.336 e. The van der Waals surface area contributed by atoms with E-state index in [1.807, 2.05) is 26.0 Å². The van der Waals surface area contributed by atoms with Gasteiger partial charge < -0.3 is 9.15 Å². The zero-order chi connectivity index (χ0) is 10.8. The molecule has 0 radical (unpaired) electrons. The van der Waals surface area contributed by atoms with Crippen LogP contribution >= 0.6 is 0 Å². The second-order valence-electron chi connectivity index (χ2n) is 3.60. The van der Waals surface area contributed by atoms with Crippen LogP contribution in [-0.2, 0) is 0 Å². The van der Waals surface area contributed by atoms with E-state index in [2.05, 4.69) is 0 Å². The molecule has 0 N–H and O–H groups in total.